The van der Waals surface area contributed by atoms with E-state index in [1.807, 2.05) is 6.07 Å². The first-order valence-electron chi connectivity index (χ1n) is 8.28. The van der Waals surface area contributed by atoms with Gasteiger partial charge in [-0.25, -0.2) is 13.1 Å². The van der Waals surface area contributed by atoms with Gasteiger partial charge in [-0.3, -0.25) is 9.78 Å². The number of rotatable bonds is 6. The number of aromatic nitrogens is 1. The molecule has 7 nitrogen and oxygen atoms in total. The van der Waals surface area contributed by atoms with Crippen molar-refractivity contribution >= 4 is 21.6 Å². The Balaban J connectivity index is 1.62. The number of nitrogens with zero attached hydrogens (tertiary/aromatic N) is 2. The Morgan fingerprint density at radius 3 is 2.36 bits per heavy atom. The Morgan fingerprint density at radius 2 is 1.75 bits per heavy atom. The van der Waals surface area contributed by atoms with Crippen molar-refractivity contribution in [2.24, 2.45) is 0 Å². The van der Waals surface area contributed by atoms with Crippen LogP contribution >= 0.6 is 0 Å². The van der Waals surface area contributed by atoms with Crippen LogP contribution in [0.4, 0.5) is 5.69 Å². The molecule has 3 aromatic rings. The zero-order valence-corrected chi connectivity index (χ0v) is 15.5. The number of carbonyl (C=O) groups excluding carboxylic acids is 1. The third-order valence-electron chi connectivity index (χ3n) is 3.90. The van der Waals surface area contributed by atoms with Crippen LogP contribution in [0.5, 0.6) is 0 Å². The molecule has 0 aliphatic heterocycles. The van der Waals surface area contributed by atoms with Gasteiger partial charge < -0.3 is 5.32 Å². The first kappa shape index (κ1) is 19.2. The fraction of sp³-hybridized carbons (Fsp3) is 0.0500. The molecule has 140 valence electrons. The molecule has 0 spiro atoms. The third-order valence-corrected chi connectivity index (χ3v) is 5.31. The third kappa shape index (κ3) is 4.79. The Bertz CT molecular complexity index is 1100. The molecule has 0 atom stereocenters. The summed E-state index contributed by atoms with van der Waals surface area (Å²) in [6, 6.07) is 17.7. The Hall–Kier alpha value is -3.54. The van der Waals surface area contributed by atoms with Crippen molar-refractivity contribution in [1.82, 2.24) is 9.71 Å². The fourth-order valence-corrected chi connectivity index (χ4v) is 3.40. The van der Waals surface area contributed by atoms with E-state index in [1.54, 1.807) is 48.8 Å². The minimum Gasteiger partial charge on any atom is -0.321 e. The molecule has 1 heterocycles. The minimum atomic E-state index is -3.70. The average Bonchev–Trinajstić information content (AvgIpc) is 2.73. The first-order valence-corrected chi connectivity index (χ1v) is 9.76. The second-order valence-electron chi connectivity index (χ2n) is 5.85. The summed E-state index contributed by atoms with van der Waals surface area (Å²) in [6.45, 7) is 0.0762. The van der Waals surface area contributed by atoms with Crippen LogP contribution < -0.4 is 10.0 Å². The zero-order valence-electron chi connectivity index (χ0n) is 14.7. The molecule has 2 N–H and O–H groups in total. The lowest BCUT2D eigenvalue weighted by Crippen LogP contribution is -2.23. The van der Waals surface area contributed by atoms with Gasteiger partial charge in [0.25, 0.3) is 5.91 Å². The van der Waals surface area contributed by atoms with E-state index in [2.05, 4.69) is 15.0 Å². The van der Waals surface area contributed by atoms with Gasteiger partial charge in [-0.1, -0.05) is 12.1 Å². The standard InChI is InChI=1S/C20H16N4O3S/c21-12-15-5-9-19(10-6-15)28(26,27)23-13-16-3-7-17(8-4-16)20(25)24-18-2-1-11-22-14-18/h1-11,14,23H,13H2,(H,24,25). The fourth-order valence-electron chi connectivity index (χ4n) is 2.38. The number of sulfonamides is 1. The molecule has 3 rings (SSSR count). The maximum Gasteiger partial charge on any atom is 0.255 e. The number of anilines is 1. The second kappa shape index (κ2) is 8.43. The molecular formula is C20H16N4O3S. The highest BCUT2D eigenvalue weighted by Crippen LogP contribution is 2.12. The number of hydrogen-bond donors (Lipinski definition) is 2. The second-order valence-corrected chi connectivity index (χ2v) is 7.62. The number of nitrogens with one attached hydrogen (secondary N) is 2. The summed E-state index contributed by atoms with van der Waals surface area (Å²) in [5, 5.41) is 11.5. The normalized spacial score (nSPS) is 10.8. The van der Waals surface area contributed by atoms with Gasteiger partial charge in [-0.15, -0.1) is 0 Å². The monoisotopic (exact) mass is 392 g/mol. The smallest absolute Gasteiger partial charge is 0.255 e. The molecule has 0 aliphatic rings. The van der Waals surface area contributed by atoms with Crippen molar-refractivity contribution in [2.75, 3.05) is 5.32 Å². The topological polar surface area (TPSA) is 112 Å². The van der Waals surface area contributed by atoms with E-state index in [0.29, 0.717) is 22.4 Å². The molecule has 0 radical (unpaired) electrons. The van der Waals surface area contributed by atoms with E-state index in [1.165, 1.54) is 24.3 Å². The van der Waals surface area contributed by atoms with Crippen LogP contribution in [0, 0.1) is 11.3 Å². The number of carbonyl (C=O) groups is 1. The first-order chi connectivity index (χ1) is 13.5. The lowest BCUT2D eigenvalue weighted by Gasteiger charge is -2.08. The Labute approximate surface area is 162 Å². The van der Waals surface area contributed by atoms with Crippen LogP contribution in [0.25, 0.3) is 0 Å². The maximum atomic E-state index is 12.3. The summed E-state index contributed by atoms with van der Waals surface area (Å²) < 4.78 is 27.1. The van der Waals surface area contributed by atoms with Crippen LogP contribution in [0.1, 0.15) is 21.5 Å². The largest absolute Gasteiger partial charge is 0.321 e. The molecule has 0 fully saturated rings. The molecule has 2 aromatic carbocycles. The van der Waals surface area contributed by atoms with Crippen LogP contribution in [0.2, 0.25) is 0 Å². The average molecular weight is 392 g/mol. The van der Waals surface area contributed by atoms with E-state index >= 15 is 0 Å². The summed E-state index contributed by atoms with van der Waals surface area (Å²) in [5.74, 6) is -0.280. The van der Waals surface area contributed by atoms with Gasteiger partial charge in [-0.2, -0.15) is 5.26 Å². The summed E-state index contributed by atoms with van der Waals surface area (Å²) in [7, 11) is -3.70. The molecular weight excluding hydrogens is 376 g/mol. The Kier molecular flexibility index (Phi) is 5.79. The van der Waals surface area contributed by atoms with Gasteiger partial charge in [-0.05, 0) is 54.1 Å². The number of hydrogen-bond acceptors (Lipinski definition) is 5. The van der Waals surface area contributed by atoms with E-state index in [-0.39, 0.29) is 17.3 Å². The lowest BCUT2D eigenvalue weighted by molar-refractivity contribution is 0.102. The molecule has 0 saturated heterocycles. The molecule has 8 heteroatoms. The number of amides is 1. The van der Waals surface area contributed by atoms with Crippen molar-refractivity contribution in [3.8, 4) is 6.07 Å². The lowest BCUT2D eigenvalue weighted by atomic mass is 10.1. The predicted octanol–water partition coefficient (Wildman–Crippen LogP) is 2.68. The highest BCUT2D eigenvalue weighted by Gasteiger charge is 2.14. The molecule has 1 amide bonds. The van der Waals surface area contributed by atoms with Gasteiger partial charge in [0, 0.05) is 18.3 Å². The van der Waals surface area contributed by atoms with Crippen LogP contribution in [0.15, 0.2) is 78.0 Å². The van der Waals surface area contributed by atoms with Crippen molar-refractivity contribution in [3.05, 3.63) is 89.7 Å². The highest BCUT2D eigenvalue weighted by atomic mass is 32.2. The minimum absolute atomic E-state index is 0.0762. The Morgan fingerprint density at radius 1 is 1.04 bits per heavy atom. The SMILES string of the molecule is N#Cc1ccc(S(=O)(=O)NCc2ccc(C(=O)Nc3cccnc3)cc2)cc1. The van der Waals surface area contributed by atoms with Crippen molar-refractivity contribution in [2.45, 2.75) is 11.4 Å². The van der Waals surface area contributed by atoms with E-state index in [0.717, 1.165) is 0 Å². The van der Waals surface area contributed by atoms with E-state index in [4.69, 9.17) is 5.26 Å². The van der Waals surface area contributed by atoms with Gasteiger partial charge in [0.2, 0.25) is 10.0 Å². The molecule has 0 bridgehead atoms. The summed E-state index contributed by atoms with van der Waals surface area (Å²) in [6.07, 6.45) is 3.16. The highest BCUT2D eigenvalue weighted by molar-refractivity contribution is 7.89. The van der Waals surface area contributed by atoms with E-state index in [9.17, 15) is 13.2 Å². The predicted molar refractivity (Wildman–Crippen MR) is 104 cm³/mol. The number of pyridine rings is 1. The molecule has 0 saturated carbocycles. The summed E-state index contributed by atoms with van der Waals surface area (Å²) >= 11 is 0. The quantitative estimate of drug-likeness (QED) is 0.670. The number of nitriles is 1. The zero-order chi connectivity index (χ0) is 20.0. The van der Waals surface area contributed by atoms with Crippen LogP contribution in [-0.2, 0) is 16.6 Å². The van der Waals surface area contributed by atoms with Crippen molar-refractivity contribution in [3.63, 3.8) is 0 Å². The summed E-state index contributed by atoms with van der Waals surface area (Å²) in [5.41, 5.74) is 2.13. The van der Waals surface area contributed by atoms with Gasteiger partial charge in [0.15, 0.2) is 0 Å². The van der Waals surface area contributed by atoms with Gasteiger partial charge in [0.05, 0.1) is 28.4 Å². The molecule has 0 aliphatic carbocycles. The van der Waals surface area contributed by atoms with Crippen molar-refractivity contribution in [1.29, 1.82) is 5.26 Å². The van der Waals surface area contributed by atoms with E-state index < -0.39 is 10.0 Å². The molecule has 0 unspecified atom stereocenters. The molecule has 1 aromatic heterocycles. The van der Waals surface area contributed by atoms with Crippen molar-refractivity contribution < 1.29 is 13.2 Å². The van der Waals surface area contributed by atoms with Crippen LogP contribution in [0.3, 0.4) is 0 Å². The number of benzene rings is 2. The maximum absolute atomic E-state index is 12.3. The molecule has 28 heavy (non-hydrogen) atoms. The van der Waals surface area contributed by atoms with Gasteiger partial charge in [0.1, 0.15) is 0 Å². The summed E-state index contributed by atoms with van der Waals surface area (Å²) in [4.78, 5) is 16.2. The van der Waals surface area contributed by atoms with Crippen LogP contribution in [-0.4, -0.2) is 19.3 Å². The van der Waals surface area contributed by atoms with Gasteiger partial charge >= 0.3 is 0 Å².